The fourth-order valence-corrected chi connectivity index (χ4v) is 2.91. The highest BCUT2D eigenvalue weighted by atomic mass is 15.1. The lowest BCUT2D eigenvalue weighted by molar-refractivity contribution is 0.338. The maximum atomic E-state index is 4.35. The van der Waals surface area contributed by atoms with Gasteiger partial charge in [0, 0.05) is 12.1 Å². The first-order valence-corrected chi connectivity index (χ1v) is 7.11. The number of hydrogen-bond acceptors (Lipinski definition) is 2. The molecule has 0 bridgehead atoms. The molecule has 1 aliphatic heterocycles. The number of aromatic nitrogens is 2. The molecular formula is C16H21N3. The van der Waals surface area contributed by atoms with Crippen LogP contribution >= 0.6 is 0 Å². The summed E-state index contributed by atoms with van der Waals surface area (Å²) >= 11 is 0. The van der Waals surface area contributed by atoms with E-state index >= 15 is 0 Å². The highest BCUT2D eigenvalue weighted by molar-refractivity contribution is 5.63. The zero-order chi connectivity index (χ0) is 13.1. The average Bonchev–Trinajstić information content (AvgIpc) is 2.88. The molecule has 1 aromatic carbocycles. The second-order valence-corrected chi connectivity index (χ2v) is 5.46. The molecular weight excluding hydrogens is 234 g/mol. The smallest absolute Gasteiger partial charge is 0.0951 e. The predicted molar refractivity (Wildman–Crippen MR) is 78.0 cm³/mol. The molecule has 2 heterocycles. The van der Waals surface area contributed by atoms with Crippen LogP contribution in [0.15, 0.2) is 36.8 Å². The Morgan fingerprint density at radius 3 is 3.05 bits per heavy atom. The van der Waals surface area contributed by atoms with Crippen LogP contribution in [0.2, 0.25) is 0 Å². The summed E-state index contributed by atoms with van der Waals surface area (Å²) in [5.74, 6) is 0.728. The lowest BCUT2D eigenvalue weighted by Crippen LogP contribution is -2.32. The van der Waals surface area contributed by atoms with Gasteiger partial charge in [-0.1, -0.05) is 24.3 Å². The Morgan fingerprint density at radius 2 is 2.26 bits per heavy atom. The first-order valence-electron chi connectivity index (χ1n) is 7.11. The summed E-state index contributed by atoms with van der Waals surface area (Å²) in [6, 6.07) is 8.53. The Balaban J connectivity index is 1.84. The van der Waals surface area contributed by atoms with E-state index in [0.29, 0.717) is 0 Å². The number of aryl methyl sites for hydroxylation is 1. The number of rotatable bonds is 3. The largest absolute Gasteiger partial charge is 0.330 e. The lowest BCUT2D eigenvalue weighted by atomic mass is 9.99. The maximum absolute atomic E-state index is 4.35. The van der Waals surface area contributed by atoms with E-state index in [9.17, 15) is 0 Å². The number of hydrogen-bond donors (Lipinski definition) is 1. The second kappa shape index (κ2) is 5.57. The molecule has 1 unspecified atom stereocenters. The molecule has 1 aromatic heterocycles. The fourth-order valence-electron chi connectivity index (χ4n) is 2.91. The molecule has 100 valence electrons. The summed E-state index contributed by atoms with van der Waals surface area (Å²) in [5, 5.41) is 3.48. The van der Waals surface area contributed by atoms with Gasteiger partial charge >= 0.3 is 0 Å². The van der Waals surface area contributed by atoms with E-state index in [1.165, 1.54) is 36.2 Å². The summed E-state index contributed by atoms with van der Waals surface area (Å²) < 4.78 is 2.31. The molecule has 1 saturated heterocycles. The second-order valence-electron chi connectivity index (χ2n) is 5.46. The summed E-state index contributed by atoms with van der Waals surface area (Å²) in [4.78, 5) is 4.35. The molecule has 0 radical (unpaired) electrons. The van der Waals surface area contributed by atoms with Crippen LogP contribution in [0.1, 0.15) is 18.4 Å². The van der Waals surface area contributed by atoms with Gasteiger partial charge in [-0.25, -0.2) is 4.98 Å². The third-order valence-corrected chi connectivity index (χ3v) is 3.99. The Labute approximate surface area is 114 Å². The minimum Gasteiger partial charge on any atom is -0.330 e. The standard InChI is InChI=1S/C16H21N3/c1-13-5-2-3-7-15(13)16-10-18-12-19(16)11-14-6-4-8-17-9-14/h2-3,5,7,10,12,14,17H,4,6,8-9,11H2,1H3. The minimum atomic E-state index is 0.728. The van der Waals surface area contributed by atoms with Crippen molar-refractivity contribution in [2.24, 2.45) is 5.92 Å². The van der Waals surface area contributed by atoms with Gasteiger partial charge < -0.3 is 9.88 Å². The van der Waals surface area contributed by atoms with E-state index in [0.717, 1.165) is 19.0 Å². The van der Waals surface area contributed by atoms with E-state index in [-0.39, 0.29) is 0 Å². The van der Waals surface area contributed by atoms with Crippen molar-refractivity contribution in [1.29, 1.82) is 0 Å². The normalized spacial score (nSPS) is 19.5. The van der Waals surface area contributed by atoms with E-state index < -0.39 is 0 Å². The number of piperidine rings is 1. The van der Waals surface area contributed by atoms with Gasteiger partial charge in [0.2, 0.25) is 0 Å². The number of benzene rings is 1. The van der Waals surface area contributed by atoms with Crippen molar-refractivity contribution in [2.75, 3.05) is 13.1 Å². The quantitative estimate of drug-likeness (QED) is 0.914. The Bertz CT molecular complexity index is 538. The van der Waals surface area contributed by atoms with Crippen LogP contribution in [-0.2, 0) is 6.54 Å². The Morgan fingerprint density at radius 1 is 1.37 bits per heavy atom. The van der Waals surface area contributed by atoms with Gasteiger partial charge in [0.15, 0.2) is 0 Å². The SMILES string of the molecule is Cc1ccccc1-c1cncn1CC1CCCNC1. The van der Waals surface area contributed by atoms with Crippen molar-refractivity contribution < 1.29 is 0 Å². The molecule has 3 nitrogen and oxygen atoms in total. The van der Waals surface area contributed by atoms with Crippen molar-refractivity contribution >= 4 is 0 Å². The van der Waals surface area contributed by atoms with Crippen molar-refractivity contribution in [3.8, 4) is 11.3 Å². The highest BCUT2D eigenvalue weighted by Gasteiger charge is 2.15. The Kier molecular flexibility index (Phi) is 3.65. The molecule has 1 atom stereocenters. The van der Waals surface area contributed by atoms with Gasteiger partial charge in [-0.15, -0.1) is 0 Å². The molecule has 1 aliphatic rings. The fraction of sp³-hybridized carbons (Fsp3) is 0.438. The molecule has 3 heteroatoms. The number of nitrogens with one attached hydrogen (secondary N) is 1. The van der Waals surface area contributed by atoms with E-state index in [1.54, 1.807) is 0 Å². The van der Waals surface area contributed by atoms with Gasteiger partial charge in [-0.3, -0.25) is 0 Å². The molecule has 1 fully saturated rings. The molecule has 2 aromatic rings. The van der Waals surface area contributed by atoms with Gasteiger partial charge in [-0.2, -0.15) is 0 Å². The van der Waals surface area contributed by atoms with Crippen molar-refractivity contribution in [2.45, 2.75) is 26.3 Å². The Hall–Kier alpha value is -1.61. The van der Waals surface area contributed by atoms with Gasteiger partial charge in [-0.05, 0) is 44.3 Å². The topological polar surface area (TPSA) is 29.9 Å². The summed E-state index contributed by atoms with van der Waals surface area (Å²) in [6.07, 6.45) is 6.56. The van der Waals surface area contributed by atoms with Gasteiger partial charge in [0.05, 0.1) is 18.2 Å². The van der Waals surface area contributed by atoms with Crippen LogP contribution < -0.4 is 5.32 Å². The number of imidazole rings is 1. The summed E-state index contributed by atoms with van der Waals surface area (Å²) in [5.41, 5.74) is 3.85. The first kappa shape index (κ1) is 12.4. The monoisotopic (exact) mass is 255 g/mol. The molecule has 1 N–H and O–H groups in total. The third-order valence-electron chi connectivity index (χ3n) is 3.99. The van der Waals surface area contributed by atoms with Crippen LogP contribution in [0.25, 0.3) is 11.3 Å². The van der Waals surface area contributed by atoms with Gasteiger partial charge in [0.1, 0.15) is 0 Å². The first-order chi connectivity index (χ1) is 9.34. The predicted octanol–water partition coefficient (Wildman–Crippen LogP) is 2.86. The highest BCUT2D eigenvalue weighted by Crippen LogP contribution is 2.24. The van der Waals surface area contributed by atoms with Crippen LogP contribution in [0, 0.1) is 12.8 Å². The molecule has 3 rings (SSSR count). The van der Waals surface area contributed by atoms with Crippen molar-refractivity contribution in [3.63, 3.8) is 0 Å². The minimum absolute atomic E-state index is 0.728. The average molecular weight is 255 g/mol. The van der Waals surface area contributed by atoms with Crippen LogP contribution in [0.3, 0.4) is 0 Å². The van der Waals surface area contributed by atoms with Crippen LogP contribution in [-0.4, -0.2) is 22.6 Å². The number of nitrogens with zero attached hydrogens (tertiary/aromatic N) is 2. The third kappa shape index (κ3) is 2.71. The molecule has 0 amide bonds. The lowest BCUT2D eigenvalue weighted by Gasteiger charge is -2.24. The maximum Gasteiger partial charge on any atom is 0.0951 e. The molecule has 0 saturated carbocycles. The summed E-state index contributed by atoms with van der Waals surface area (Å²) in [7, 11) is 0. The zero-order valence-corrected chi connectivity index (χ0v) is 11.5. The molecule has 19 heavy (non-hydrogen) atoms. The van der Waals surface area contributed by atoms with Crippen LogP contribution in [0.4, 0.5) is 0 Å². The van der Waals surface area contributed by atoms with Crippen LogP contribution in [0.5, 0.6) is 0 Å². The van der Waals surface area contributed by atoms with E-state index in [4.69, 9.17) is 0 Å². The molecule has 0 spiro atoms. The summed E-state index contributed by atoms with van der Waals surface area (Å²) in [6.45, 7) is 5.53. The van der Waals surface area contributed by atoms with Crippen molar-refractivity contribution in [3.05, 3.63) is 42.4 Å². The van der Waals surface area contributed by atoms with Crippen molar-refractivity contribution in [1.82, 2.24) is 14.9 Å². The van der Waals surface area contributed by atoms with E-state index in [1.807, 2.05) is 12.5 Å². The zero-order valence-electron chi connectivity index (χ0n) is 11.5. The van der Waals surface area contributed by atoms with E-state index in [2.05, 4.69) is 46.1 Å². The van der Waals surface area contributed by atoms with Gasteiger partial charge in [0.25, 0.3) is 0 Å². The molecule has 0 aliphatic carbocycles.